The SMILES string of the molecule is CC(=O)OCC(=O)[C@@]1(O)CC[C@H]2[C@@H]3CC[C@@H]4C[C@H](O[Si](C)(C)C(C)(C)C)CC[C@]4(C)[C@H]3C(=O)C[C@@]21C. The van der Waals surface area contributed by atoms with E-state index in [9.17, 15) is 19.5 Å². The third-order valence-corrected chi connectivity index (χ3v) is 16.1. The largest absolute Gasteiger partial charge is 0.458 e. The lowest BCUT2D eigenvalue weighted by Gasteiger charge is -2.60. The summed E-state index contributed by atoms with van der Waals surface area (Å²) in [7, 11) is -1.85. The molecule has 1 N–H and O–H groups in total. The fourth-order valence-corrected chi connectivity index (χ4v) is 9.88. The van der Waals surface area contributed by atoms with Gasteiger partial charge >= 0.3 is 5.97 Å². The molecular weight excluding hydrogens is 472 g/mol. The third kappa shape index (κ3) is 4.25. The van der Waals surface area contributed by atoms with Crippen molar-refractivity contribution in [1.29, 1.82) is 0 Å². The van der Waals surface area contributed by atoms with E-state index in [1.54, 1.807) is 0 Å². The molecule has 0 aromatic rings. The second-order valence-corrected chi connectivity index (χ2v) is 19.2. The number of hydrogen-bond acceptors (Lipinski definition) is 6. The van der Waals surface area contributed by atoms with Crippen LogP contribution < -0.4 is 0 Å². The Balaban J connectivity index is 1.53. The van der Waals surface area contributed by atoms with E-state index in [1.165, 1.54) is 6.92 Å². The summed E-state index contributed by atoms with van der Waals surface area (Å²) in [6.45, 7) is 16.6. The van der Waals surface area contributed by atoms with Gasteiger partial charge in [-0.2, -0.15) is 0 Å². The lowest BCUT2D eigenvalue weighted by atomic mass is 9.44. The Morgan fingerprint density at radius 3 is 2.36 bits per heavy atom. The molecule has 7 heteroatoms. The van der Waals surface area contributed by atoms with Gasteiger partial charge in [0.25, 0.3) is 0 Å². The van der Waals surface area contributed by atoms with E-state index in [0.29, 0.717) is 12.3 Å². The zero-order chi connectivity index (χ0) is 26.9. The fraction of sp³-hybridized carbons (Fsp3) is 0.897. The van der Waals surface area contributed by atoms with E-state index in [1.807, 2.05) is 6.92 Å². The van der Waals surface area contributed by atoms with Crippen LogP contribution in [0.3, 0.4) is 0 Å². The molecule has 0 aromatic carbocycles. The van der Waals surface area contributed by atoms with E-state index in [2.05, 4.69) is 40.8 Å². The predicted molar refractivity (Wildman–Crippen MR) is 141 cm³/mol. The smallest absolute Gasteiger partial charge is 0.303 e. The van der Waals surface area contributed by atoms with Crippen molar-refractivity contribution < 1.29 is 28.7 Å². The monoisotopic (exact) mass is 520 g/mol. The summed E-state index contributed by atoms with van der Waals surface area (Å²) in [4.78, 5) is 38.3. The maximum Gasteiger partial charge on any atom is 0.303 e. The molecule has 0 amide bonds. The molecule has 204 valence electrons. The van der Waals surface area contributed by atoms with Crippen LogP contribution in [0.4, 0.5) is 0 Å². The maximum atomic E-state index is 13.9. The molecule has 4 aliphatic rings. The topological polar surface area (TPSA) is 89.9 Å². The van der Waals surface area contributed by atoms with Crippen LogP contribution in [0.25, 0.3) is 0 Å². The molecule has 0 unspecified atom stereocenters. The van der Waals surface area contributed by atoms with Crippen molar-refractivity contribution in [3.05, 3.63) is 0 Å². The number of carbonyl (C=O) groups is 3. The summed E-state index contributed by atoms with van der Waals surface area (Å²) in [6.07, 6.45) is 6.68. The lowest BCUT2D eigenvalue weighted by Crippen LogP contribution is -2.62. The number of aliphatic hydroxyl groups is 1. The number of esters is 1. The van der Waals surface area contributed by atoms with Crippen LogP contribution in [0.5, 0.6) is 0 Å². The van der Waals surface area contributed by atoms with Crippen molar-refractivity contribution >= 4 is 25.9 Å². The minimum Gasteiger partial charge on any atom is -0.458 e. The standard InChI is InChI=1S/C29H48O6Si/c1-18(30)34-17-24(32)29(33)14-12-22-21-10-9-19-15-20(35-36(7,8)26(2,3)4)11-13-27(19,5)25(21)23(31)16-28(22,29)6/h19-22,25,33H,9-17H2,1-8H3/t19-,20-,21+,22+,25-,27+,28+,29+/m1/s1. The highest BCUT2D eigenvalue weighted by molar-refractivity contribution is 6.74. The van der Waals surface area contributed by atoms with Gasteiger partial charge in [0, 0.05) is 30.8 Å². The van der Waals surface area contributed by atoms with Crippen LogP contribution in [0.1, 0.15) is 92.9 Å². The van der Waals surface area contributed by atoms with Crippen molar-refractivity contribution in [2.75, 3.05) is 6.61 Å². The summed E-state index contributed by atoms with van der Waals surface area (Å²) < 4.78 is 11.8. The van der Waals surface area contributed by atoms with Gasteiger partial charge in [-0.05, 0) is 86.2 Å². The van der Waals surface area contributed by atoms with Crippen LogP contribution >= 0.6 is 0 Å². The Morgan fingerprint density at radius 2 is 1.75 bits per heavy atom. The molecule has 36 heavy (non-hydrogen) atoms. The zero-order valence-electron chi connectivity index (χ0n) is 23.7. The van der Waals surface area contributed by atoms with Crippen molar-refractivity contribution in [2.24, 2.45) is 34.5 Å². The highest BCUT2D eigenvalue weighted by Crippen LogP contribution is 2.67. The van der Waals surface area contributed by atoms with Crippen LogP contribution in [0.15, 0.2) is 0 Å². The molecule has 0 spiro atoms. The average molecular weight is 521 g/mol. The van der Waals surface area contributed by atoms with Crippen molar-refractivity contribution in [3.8, 4) is 0 Å². The lowest BCUT2D eigenvalue weighted by molar-refractivity contribution is -0.181. The van der Waals surface area contributed by atoms with Gasteiger partial charge in [-0.25, -0.2) is 0 Å². The maximum absolute atomic E-state index is 13.9. The molecule has 0 radical (unpaired) electrons. The molecule has 0 bridgehead atoms. The van der Waals surface area contributed by atoms with Gasteiger partial charge in [-0.1, -0.05) is 34.6 Å². The normalized spacial score (nSPS) is 42.8. The Kier molecular flexibility index (Phi) is 7.00. The summed E-state index contributed by atoms with van der Waals surface area (Å²) in [5.74, 6) is 0.0187. The van der Waals surface area contributed by atoms with Crippen LogP contribution in [0, 0.1) is 34.5 Å². The van der Waals surface area contributed by atoms with E-state index < -0.39 is 37.7 Å². The molecule has 0 saturated heterocycles. The van der Waals surface area contributed by atoms with Gasteiger partial charge in [0.1, 0.15) is 11.4 Å². The first-order valence-corrected chi connectivity index (χ1v) is 17.0. The molecule has 8 atom stereocenters. The van der Waals surface area contributed by atoms with E-state index in [-0.39, 0.29) is 46.5 Å². The number of hydrogen-bond donors (Lipinski definition) is 1. The van der Waals surface area contributed by atoms with Gasteiger partial charge in [-0.3, -0.25) is 14.4 Å². The summed E-state index contributed by atoms with van der Waals surface area (Å²) in [5.41, 5.74) is -2.45. The number of rotatable bonds is 5. The number of ether oxygens (including phenoxy) is 1. The summed E-state index contributed by atoms with van der Waals surface area (Å²) >= 11 is 0. The van der Waals surface area contributed by atoms with Crippen LogP contribution in [-0.4, -0.2) is 49.3 Å². The van der Waals surface area contributed by atoms with Crippen molar-refractivity contribution in [3.63, 3.8) is 0 Å². The molecule has 0 aromatic heterocycles. The quantitative estimate of drug-likeness (QED) is 0.382. The van der Waals surface area contributed by atoms with Crippen LogP contribution in [0.2, 0.25) is 18.1 Å². The van der Waals surface area contributed by atoms with E-state index in [4.69, 9.17) is 9.16 Å². The second-order valence-electron chi connectivity index (χ2n) is 14.5. The number of ketones is 2. The molecule has 4 fully saturated rings. The molecule has 0 aliphatic heterocycles. The van der Waals surface area contributed by atoms with Gasteiger partial charge in [-0.15, -0.1) is 0 Å². The number of Topliss-reactive ketones (excluding diaryl/α,β-unsaturated/α-hetero) is 2. The van der Waals surface area contributed by atoms with Crippen molar-refractivity contribution in [1.82, 2.24) is 0 Å². The average Bonchev–Trinajstić information content (AvgIpc) is 3.02. The Morgan fingerprint density at radius 1 is 1.08 bits per heavy atom. The Hall–Kier alpha value is -1.05. The van der Waals surface area contributed by atoms with Crippen molar-refractivity contribution in [2.45, 2.75) is 123 Å². The minimum absolute atomic E-state index is 0.00549. The minimum atomic E-state index is -1.85. The predicted octanol–water partition coefficient (Wildman–Crippen LogP) is 5.46. The molecular formula is C29H48O6Si. The number of fused-ring (bicyclic) bond motifs is 5. The zero-order valence-corrected chi connectivity index (χ0v) is 24.7. The molecule has 4 aliphatic carbocycles. The van der Waals surface area contributed by atoms with Gasteiger partial charge < -0.3 is 14.3 Å². The van der Waals surface area contributed by atoms with Crippen LogP contribution in [-0.2, 0) is 23.5 Å². The van der Waals surface area contributed by atoms with Gasteiger partial charge in [0.2, 0.25) is 5.78 Å². The first-order chi connectivity index (χ1) is 16.5. The molecule has 4 saturated carbocycles. The first kappa shape index (κ1) is 28.0. The first-order valence-electron chi connectivity index (χ1n) is 14.1. The summed E-state index contributed by atoms with van der Waals surface area (Å²) in [5, 5.41) is 11.8. The van der Waals surface area contributed by atoms with Gasteiger partial charge in [0.05, 0.1) is 0 Å². The molecule has 0 heterocycles. The second kappa shape index (κ2) is 9.01. The third-order valence-electron chi connectivity index (χ3n) is 11.6. The summed E-state index contributed by atoms with van der Waals surface area (Å²) in [6, 6.07) is 0. The van der Waals surface area contributed by atoms with E-state index >= 15 is 0 Å². The molecule has 6 nitrogen and oxygen atoms in total. The highest BCUT2D eigenvalue weighted by atomic mass is 28.4. The Labute approximate surface area is 218 Å². The molecule has 4 rings (SSSR count). The van der Waals surface area contributed by atoms with E-state index in [0.717, 1.165) is 38.5 Å². The fourth-order valence-electron chi connectivity index (χ4n) is 8.48. The Bertz CT molecular complexity index is 923. The number of carbonyl (C=O) groups excluding carboxylic acids is 3. The highest BCUT2D eigenvalue weighted by Gasteiger charge is 2.69. The van der Waals surface area contributed by atoms with Gasteiger partial charge in [0.15, 0.2) is 14.9 Å².